The fourth-order valence-corrected chi connectivity index (χ4v) is 4.73. The average molecular weight is 591 g/mol. The Morgan fingerprint density at radius 1 is 0.659 bits per heavy atom. The van der Waals surface area contributed by atoms with Gasteiger partial charge in [0.1, 0.15) is 33.4 Å². The van der Waals surface area contributed by atoms with Crippen LogP contribution in [0.25, 0.3) is 44.6 Å². The van der Waals surface area contributed by atoms with Crippen LogP contribution < -0.4 is 4.74 Å². The molecule has 1 N–H and O–H groups in total. The number of hydrogen-bond acceptors (Lipinski definition) is 6. The minimum Gasteiger partial charge on any atom is -0.507 e. The molecule has 6 nitrogen and oxygen atoms in total. The van der Waals surface area contributed by atoms with Gasteiger partial charge in [-0.05, 0) is 73.5 Å². The van der Waals surface area contributed by atoms with Crippen LogP contribution in [0, 0.1) is 25.5 Å². The maximum absolute atomic E-state index is 14.1. The Balaban J connectivity index is 0.000000165. The lowest BCUT2D eigenvalue weighted by atomic mass is 10.1. The summed E-state index contributed by atoms with van der Waals surface area (Å²) in [7, 11) is 1.48. The average Bonchev–Trinajstić information content (AvgIpc) is 2.92. The monoisotopic (exact) mass is 590 g/mol. The SMILES string of the molecule is COc1cccc(F)c1-c1nc(Cl)c2ccc(C)cc2n1.Cc1ccc2c(Cl)nc(-c3c(O)cccc3F)nc2c1. The Bertz CT molecular complexity index is 1920. The normalized spacial score (nSPS) is 10.9. The van der Waals surface area contributed by atoms with E-state index >= 15 is 0 Å². The summed E-state index contributed by atoms with van der Waals surface area (Å²) in [5.41, 5.74) is 3.51. The Morgan fingerprint density at radius 2 is 1.15 bits per heavy atom. The predicted octanol–water partition coefficient (Wildman–Crippen LogP) is 8.51. The number of phenols is 1. The Labute approximate surface area is 244 Å². The molecular weight excluding hydrogens is 569 g/mol. The second-order valence-corrected chi connectivity index (χ2v) is 9.88. The lowest BCUT2D eigenvalue weighted by Crippen LogP contribution is -1.97. The molecule has 0 atom stereocenters. The van der Waals surface area contributed by atoms with Crippen LogP contribution in [0.1, 0.15) is 11.1 Å². The molecule has 4 aromatic carbocycles. The summed E-state index contributed by atoms with van der Waals surface area (Å²) in [5, 5.41) is 11.7. The minimum atomic E-state index is -0.590. The standard InChI is InChI=1S/C16H12ClFN2O.C15H10ClFN2O/c1-9-6-7-10-12(8-9)19-16(20-15(10)17)14-11(18)4-3-5-13(14)21-2;1-8-5-6-9-11(7-8)18-15(19-14(9)16)13-10(17)3-2-4-12(13)20/h3-8H,1-2H3;2-7,20H,1H3. The number of benzene rings is 4. The zero-order chi connectivity index (χ0) is 29.3. The smallest absolute Gasteiger partial charge is 0.168 e. The van der Waals surface area contributed by atoms with Gasteiger partial charge in [0.05, 0.1) is 29.3 Å². The lowest BCUT2D eigenvalue weighted by molar-refractivity contribution is 0.413. The van der Waals surface area contributed by atoms with Gasteiger partial charge >= 0.3 is 0 Å². The molecule has 206 valence electrons. The van der Waals surface area contributed by atoms with Crippen molar-refractivity contribution in [2.75, 3.05) is 7.11 Å². The van der Waals surface area contributed by atoms with Crippen molar-refractivity contribution in [2.45, 2.75) is 13.8 Å². The molecule has 41 heavy (non-hydrogen) atoms. The van der Waals surface area contributed by atoms with Crippen molar-refractivity contribution in [3.05, 3.63) is 106 Å². The molecule has 0 amide bonds. The molecular formula is C31H22Cl2F2N4O2. The predicted molar refractivity (Wildman–Crippen MR) is 158 cm³/mol. The highest BCUT2D eigenvalue weighted by molar-refractivity contribution is 6.34. The van der Waals surface area contributed by atoms with E-state index in [-0.39, 0.29) is 33.7 Å². The third-order valence-electron chi connectivity index (χ3n) is 6.25. The van der Waals surface area contributed by atoms with Gasteiger partial charge in [-0.1, -0.05) is 47.5 Å². The minimum absolute atomic E-state index is 0.0437. The fraction of sp³-hybridized carbons (Fsp3) is 0.0968. The zero-order valence-electron chi connectivity index (χ0n) is 22.1. The van der Waals surface area contributed by atoms with E-state index in [4.69, 9.17) is 27.9 Å². The summed E-state index contributed by atoms with van der Waals surface area (Å²) in [4.78, 5) is 17.0. The number of rotatable bonds is 3. The highest BCUT2D eigenvalue weighted by Crippen LogP contribution is 2.34. The van der Waals surface area contributed by atoms with Crippen LogP contribution in [-0.2, 0) is 0 Å². The van der Waals surface area contributed by atoms with E-state index in [0.29, 0.717) is 27.3 Å². The Hall–Kier alpha value is -4.40. The van der Waals surface area contributed by atoms with Crippen molar-refractivity contribution in [3.63, 3.8) is 0 Å². The number of fused-ring (bicyclic) bond motifs is 2. The van der Waals surface area contributed by atoms with Crippen molar-refractivity contribution < 1.29 is 18.6 Å². The maximum Gasteiger partial charge on any atom is 0.168 e. The van der Waals surface area contributed by atoms with Gasteiger partial charge in [-0.3, -0.25) is 0 Å². The van der Waals surface area contributed by atoms with Gasteiger partial charge in [-0.25, -0.2) is 28.7 Å². The van der Waals surface area contributed by atoms with Crippen LogP contribution in [0.4, 0.5) is 8.78 Å². The molecule has 6 rings (SSSR count). The van der Waals surface area contributed by atoms with E-state index in [0.717, 1.165) is 16.5 Å². The first-order chi connectivity index (χ1) is 19.7. The van der Waals surface area contributed by atoms with Crippen LogP contribution >= 0.6 is 23.2 Å². The molecule has 0 bridgehead atoms. The second-order valence-electron chi connectivity index (χ2n) is 9.17. The number of aromatic hydroxyl groups is 1. The summed E-state index contributed by atoms with van der Waals surface area (Å²) in [5.74, 6) is -0.589. The van der Waals surface area contributed by atoms with Crippen LogP contribution in [0.5, 0.6) is 11.5 Å². The van der Waals surface area contributed by atoms with Crippen LogP contribution in [0.2, 0.25) is 10.3 Å². The van der Waals surface area contributed by atoms with Crippen molar-refractivity contribution in [1.82, 2.24) is 19.9 Å². The number of halogens is 4. The van der Waals surface area contributed by atoms with E-state index < -0.39 is 11.6 Å². The van der Waals surface area contributed by atoms with Gasteiger partial charge in [0.2, 0.25) is 0 Å². The number of aryl methyl sites for hydroxylation is 2. The molecule has 0 aliphatic heterocycles. The van der Waals surface area contributed by atoms with E-state index in [1.54, 1.807) is 12.1 Å². The molecule has 0 spiro atoms. The Kier molecular flexibility index (Phi) is 7.97. The number of methoxy groups -OCH3 is 1. The first-order valence-electron chi connectivity index (χ1n) is 12.3. The molecule has 0 aliphatic rings. The number of hydrogen-bond donors (Lipinski definition) is 1. The van der Waals surface area contributed by atoms with Crippen LogP contribution in [-0.4, -0.2) is 32.2 Å². The third kappa shape index (κ3) is 5.75. The zero-order valence-corrected chi connectivity index (χ0v) is 23.6. The highest BCUT2D eigenvalue weighted by Gasteiger charge is 2.17. The number of ether oxygens (including phenoxy) is 1. The molecule has 2 heterocycles. The van der Waals surface area contributed by atoms with E-state index in [9.17, 15) is 13.9 Å². The number of nitrogens with zero attached hydrogens (tertiary/aromatic N) is 4. The maximum atomic E-state index is 14.1. The van der Waals surface area contributed by atoms with Gasteiger partial charge in [0, 0.05) is 10.8 Å². The number of aromatic nitrogens is 4. The van der Waals surface area contributed by atoms with Crippen LogP contribution in [0.15, 0.2) is 72.8 Å². The summed E-state index contributed by atoms with van der Waals surface area (Å²) >= 11 is 12.3. The van der Waals surface area contributed by atoms with E-state index in [1.165, 1.54) is 31.4 Å². The second kappa shape index (κ2) is 11.6. The molecule has 0 radical (unpaired) electrons. The Morgan fingerprint density at radius 3 is 1.66 bits per heavy atom. The quantitative estimate of drug-likeness (QED) is 0.208. The van der Waals surface area contributed by atoms with E-state index in [2.05, 4.69) is 19.9 Å². The van der Waals surface area contributed by atoms with E-state index in [1.807, 2.05) is 50.2 Å². The molecule has 0 aliphatic carbocycles. The first kappa shape index (κ1) is 28.1. The molecule has 0 unspecified atom stereocenters. The van der Waals surface area contributed by atoms with Gasteiger partial charge in [0.25, 0.3) is 0 Å². The molecule has 2 aromatic heterocycles. The summed E-state index contributed by atoms with van der Waals surface area (Å²) in [6.07, 6.45) is 0. The van der Waals surface area contributed by atoms with Crippen molar-refractivity contribution in [1.29, 1.82) is 0 Å². The van der Waals surface area contributed by atoms with Gasteiger partial charge < -0.3 is 9.84 Å². The molecule has 0 saturated heterocycles. The largest absolute Gasteiger partial charge is 0.507 e. The molecule has 0 fully saturated rings. The summed E-state index contributed by atoms with van der Waals surface area (Å²) in [6.45, 7) is 3.88. The molecule has 6 aromatic rings. The molecule has 0 saturated carbocycles. The topological polar surface area (TPSA) is 81.0 Å². The summed E-state index contributed by atoms with van der Waals surface area (Å²) < 4.78 is 33.2. The summed E-state index contributed by atoms with van der Waals surface area (Å²) in [6, 6.07) is 19.9. The van der Waals surface area contributed by atoms with Crippen molar-refractivity contribution >= 4 is 45.0 Å². The number of phenolic OH excluding ortho intramolecular Hbond substituents is 1. The van der Waals surface area contributed by atoms with Gasteiger partial charge in [-0.2, -0.15) is 0 Å². The fourth-order valence-electron chi connectivity index (χ4n) is 4.25. The molecule has 10 heteroatoms. The third-order valence-corrected chi connectivity index (χ3v) is 6.82. The van der Waals surface area contributed by atoms with Crippen molar-refractivity contribution in [2.24, 2.45) is 0 Å². The van der Waals surface area contributed by atoms with Crippen molar-refractivity contribution in [3.8, 4) is 34.3 Å². The first-order valence-corrected chi connectivity index (χ1v) is 13.1. The lowest BCUT2D eigenvalue weighted by Gasteiger charge is -2.10. The van der Waals surface area contributed by atoms with Gasteiger partial charge in [-0.15, -0.1) is 0 Å². The van der Waals surface area contributed by atoms with Gasteiger partial charge in [0.15, 0.2) is 11.6 Å². The highest BCUT2D eigenvalue weighted by atomic mass is 35.5. The van der Waals surface area contributed by atoms with Crippen LogP contribution in [0.3, 0.4) is 0 Å².